The molecule has 10 heteroatoms. The number of carbonyl (C=O) groups is 2. The number of ether oxygens (including phenoxy) is 1. The second kappa shape index (κ2) is 9.01. The summed E-state index contributed by atoms with van der Waals surface area (Å²) >= 11 is 6.37. The number of amides is 1. The van der Waals surface area contributed by atoms with Crippen LogP contribution < -0.4 is 10.1 Å². The van der Waals surface area contributed by atoms with E-state index in [4.69, 9.17) is 21.9 Å². The van der Waals surface area contributed by atoms with Crippen molar-refractivity contribution in [2.24, 2.45) is 5.11 Å². The average molecular weight is 414 g/mol. The number of carbonyl (C=O) groups excluding carboxylic acids is 1. The fourth-order valence-corrected chi connectivity index (χ4v) is 3.06. The maximum absolute atomic E-state index is 11.4. The van der Waals surface area contributed by atoms with Crippen LogP contribution >= 0.6 is 11.6 Å². The van der Waals surface area contributed by atoms with Gasteiger partial charge in [-0.1, -0.05) is 28.8 Å². The molecule has 0 spiro atoms. The quantitative estimate of drug-likeness (QED) is 0.222. The minimum absolute atomic E-state index is 0.181. The first-order valence-corrected chi connectivity index (χ1v) is 8.92. The van der Waals surface area contributed by atoms with Crippen molar-refractivity contribution < 1.29 is 19.4 Å². The predicted molar refractivity (Wildman–Crippen MR) is 108 cm³/mol. The van der Waals surface area contributed by atoms with Crippen molar-refractivity contribution in [3.05, 3.63) is 63.6 Å². The van der Waals surface area contributed by atoms with E-state index in [1.807, 2.05) is 12.1 Å². The Hall–Kier alpha value is -3.68. The van der Waals surface area contributed by atoms with E-state index in [9.17, 15) is 14.7 Å². The van der Waals surface area contributed by atoms with Crippen LogP contribution in [0.15, 0.2) is 47.7 Å². The Bertz CT molecular complexity index is 1100. The molecule has 148 valence electrons. The van der Waals surface area contributed by atoms with Crippen LogP contribution in [0.2, 0.25) is 5.02 Å². The highest BCUT2D eigenvalue weighted by Gasteiger charge is 2.14. The van der Waals surface area contributed by atoms with Crippen molar-refractivity contribution in [3.63, 3.8) is 0 Å². The highest BCUT2D eigenvalue weighted by Crippen LogP contribution is 2.34. The lowest BCUT2D eigenvalue weighted by Gasteiger charge is -2.09. The first-order valence-electron chi connectivity index (χ1n) is 8.54. The highest BCUT2D eigenvalue weighted by atomic mass is 35.5. The molecule has 9 nitrogen and oxygen atoms in total. The number of hydrogen-bond donors (Lipinski definition) is 3. The molecule has 0 aliphatic carbocycles. The summed E-state index contributed by atoms with van der Waals surface area (Å²) in [5.41, 5.74) is 10.5. The van der Waals surface area contributed by atoms with Crippen LogP contribution in [-0.4, -0.2) is 41.7 Å². The number of nitrogens with one attached hydrogen (secondary N) is 2. The number of carboxylic acid groups (broad SMARTS) is 1. The highest BCUT2D eigenvalue weighted by molar-refractivity contribution is 6.34. The molecule has 1 amide bonds. The van der Waals surface area contributed by atoms with Crippen LogP contribution in [0.5, 0.6) is 5.75 Å². The fraction of sp³-hybridized carbons (Fsp3) is 0.158. The Kier molecular flexibility index (Phi) is 6.23. The zero-order chi connectivity index (χ0) is 20.8. The molecule has 3 rings (SSSR count). The fourth-order valence-electron chi connectivity index (χ4n) is 2.78. The Morgan fingerprint density at radius 2 is 2.03 bits per heavy atom. The van der Waals surface area contributed by atoms with E-state index in [0.29, 0.717) is 27.2 Å². The summed E-state index contributed by atoms with van der Waals surface area (Å²) in [6.45, 7) is 0.274. The van der Waals surface area contributed by atoms with E-state index in [1.165, 1.54) is 6.20 Å². The van der Waals surface area contributed by atoms with E-state index in [-0.39, 0.29) is 31.2 Å². The van der Waals surface area contributed by atoms with Gasteiger partial charge in [0.15, 0.2) is 0 Å². The maximum atomic E-state index is 11.4. The van der Waals surface area contributed by atoms with E-state index in [0.717, 1.165) is 5.56 Å². The number of fused-ring (bicyclic) bond motifs is 1. The summed E-state index contributed by atoms with van der Waals surface area (Å²) in [6.07, 6.45) is 1.44. The SMILES string of the molecule is [N-]=[N+]=NCC(=O)NCCOc1ccc(-c2cc3c(C(=O)O)c[nH]c3cc2Cl)cc1. The first kappa shape index (κ1) is 20.1. The van der Waals surface area contributed by atoms with Crippen molar-refractivity contribution in [2.45, 2.75) is 0 Å². The van der Waals surface area contributed by atoms with Crippen molar-refractivity contribution in [2.75, 3.05) is 19.7 Å². The van der Waals surface area contributed by atoms with Crippen LogP contribution in [-0.2, 0) is 4.79 Å². The third-order valence-corrected chi connectivity index (χ3v) is 4.45. The molecular weight excluding hydrogens is 398 g/mol. The van der Waals surface area contributed by atoms with Gasteiger partial charge in [-0.3, -0.25) is 4.79 Å². The van der Waals surface area contributed by atoms with Gasteiger partial charge in [0.25, 0.3) is 0 Å². The predicted octanol–water partition coefficient (Wildman–Crippen LogP) is 3.99. The lowest BCUT2D eigenvalue weighted by Crippen LogP contribution is -2.29. The maximum Gasteiger partial charge on any atom is 0.337 e. The zero-order valence-corrected chi connectivity index (χ0v) is 15.8. The molecule has 3 N–H and O–H groups in total. The normalized spacial score (nSPS) is 10.4. The summed E-state index contributed by atoms with van der Waals surface area (Å²) in [5, 5.41) is 16.1. The number of rotatable bonds is 8. The van der Waals surface area contributed by atoms with E-state index in [1.54, 1.807) is 24.3 Å². The van der Waals surface area contributed by atoms with Gasteiger partial charge in [0.2, 0.25) is 5.91 Å². The second-order valence-corrected chi connectivity index (χ2v) is 6.40. The van der Waals surface area contributed by atoms with Crippen LogP contribution in [0.3, 0.4) is 0 Å². The van der Waals surface area contributed by atoms with Crippen molar-refractivity contribution >= 4 is 34.4 Å². The molecule has 0 radical (unpaired) electrons. The molecule has 29 heavy (non-hydrogen) atoms. The number of benzene rings is 2. The van der Waals surface area contributed by atoms with Gasteiger partial charge in [-0.15, -0.1) is 0 Å². The number of azide groups is 1. The average Bonchev–Trinajstić information content (AvgIpc) is 3.12. The third-order valence-electron chi connectivity index (χ3n) is 4.14. The van der Waals surface area contributed by atoms with E-state index >= 15 is 0 Å². The monoisotopic (exact) mass is 413 g/mol. The molecule has 2 aromatic carbocycles. The lowest BCUT2D eigenvalue weighted by molar-refractivity contribution is -0.119. The third kappa shape index (κ3) is 4.78. The molecule has 0 bridgehead atoms. The van der Waals surface area contributed by atoms with Gasteiger partial charge in [0.05, 0.1) is 17.1 Å². The summed E-state index contributed by atoms with van der Waals surface area (Å²) in [4.78, 5) is 28.1. The Morgan fingerprint density at radius 1 is 1.28 bits per heavy atom. The van der Waals surface area contributed by atoms with Crippen LogP contribution in [0.25, 0.3) is 32.5 Å². The van der Waals surface area contributed by atoms with Gasteiger partial charge < -0.3 is 20.1 Å². The van der Waals surface area contributed by atoms with Gasteiger partial charge >= 0.3 is 5.97 Å². The Labute approximate surface area is 169 Å². The molecule has 0 aliphatic rings. The van der Waals surface area contributed by atoms with Crippen molar-refractivity contribution in [1.82, 2.24) is 10.3 Å². The number of aromatic nitrogens is 1. The number of nitrogens with zero attached hydrogens (tertiary/aromatic N) is 3. The number of hydrogen-bond acceptors (Lipinski definition) is 4. The number of H-pyrrole nitrogens is 1. The minimum atomic E-state index is -1.01. The Balaban J connectivity index is 1.68. The molecule has 0 unspecified atom stereocenters. The molecule has 0 saturated heterocycles. The summed E-state index contributed by atoms with van der Waals surface area (Å²) in [5.74, 6) is -0.792. The van der Waals surface area contributed by atoms with Crippen molar-refractivity contribution in [3.8, 4) is 16.9 Å². The van der Waals surface area contributed by atoms with Crippen LogP contribution in [0.4, 0.5) is 0 Å². The second-order valence-electron chi connectivity index (χ2n) is 6.00. The van der Waals surface area contributed by atoms with Gasteiger partial charge in [-0.25, -0.2) is 4.79 Å². The molecule has 1 aromatic heterocycles. The van der Waals surface area contributed by atoms with Crippen LogP contribution in [0, 0.1) is 0 Å². The van der Waals surface area contributed by atoms with Crippen LogP contribution in [0.1, 0.15) is 10.4 Å². The summed E-state index contributed by atoms with van der Waals surface area (Å²) < 4.78 is 5.56. The molecule has 0 fully saturated rings. The van der Waals surface area contributed by atoms with E-state index < -0.39 is 5.97 Å². The smallest absolute Gasteiger partial charge is 0.337 e. The minimum Gasteiger partial charge on any atom is -0.492 e. The Morgan fingerprint density at radius 3 is 2.72 bits per heavy atom. The molecule has 0 aliphatic heterocycles. The lowest BCUT2D eigenvalue weighted by atomic mass is 10.0. The number of aromatic amines is 1. The van der Waals surface area contributed by atoms with Gasteiger partial charge in [-0.2, -0.15) is 0 Å². The largest absolute Gasteiger partial charge is 0.492 e. The number of carboxylic acids is 1. The topological polar surface area (TPSA) is 140 Å². The van der Waals surface area contributed by atoms with Gasteiger partial charge in [0, 0.05) is 27.6 Å². The molecule has 0 saturated carbocycles. The molecule has 1 heterocycles. The molecule has 0 atom stereocenters. The van der Waals surface area contributed by atoms with Gasteiger partial charge in [-0.05, 0) is 35.4 Å². The van der Waals surface area contributed by atoms with Crippen molar-refractivity contribution in [1.29, 1.82) is 0 Å². The van der Waals surface area contributed by atoms with Gasteiger partial charge in [0.1, 0.15) is 18.9 Å². The van der Waals surface area contributed by atoms with E-state index in [2.05, 4.69) is 20.3 Å². The summed E-state index contributed by atoms with van der Waals surface area (Å²) in [6, 6.07) is 10.6. The summed E-state index contributed by atoms with van der Waals surface area (Å²) in [7, 11) is 0. The molecule has 3 aromatic rings. The number of halogens is 1. The molecular formula is C19H16ClN5O4. The standard InChI is InChI=1S/C19H16ClN5O4/c20-16-8-17-14(15(9-23-17)19(27)28)7-13(16)11-1-3-12(4-2-11)29-6-5-22-18(26)10-24-25-21/h1-4,7-9,23H,5-6,10H2,(H,22,26)(H,27,28). The first-order chi connectivity index (χ1) is 14.0. The zero-order valence-electron chi connectivity index (χ0n) is 15.1. The number of aromatic carboxylic acids is 1.